The van der Waals surface area contributed by atoms with Gasteiger partial charge in [-0.1, -0.05) is 0 Å². The maximum Gasteiger partial charge on any atom is 0.224 e. The lowest BCUT2D eigenvalue weighted by Gasteiger charge is -2.38. The summed E-state index contributed by atoms with van der Waals surface area (Å²) >= 11 is 0. The Morgan fingerprint density at radius 2 is 1.71 bits per heavy atom. The highest BCUT2D eigenvalue weighted by molar-refractivity contribution is 7.90. The van der Waals surface area contributed by atoms with Crippen LogP contribution in [0.25, 0.3) is 0 Å². The Hall–Kier alpha value is -1.64. The Labute approximate surface area is 188 Å². The normalized spacial score (nSPS) is 20.0. The number of aryl methyl sites for hydroxylation is 2. The van der Waals surface area contributed by atoms with Gasteiger partial charge in [-0.2, -0.15) is 0 Å². The number of morpholine rings is 1. The number of sulfonamides is 1. The first-order chi connectivity index (χ1) is 14.3. The van der Waals surface area contributed by atoms with Crippen molar-refractivity contribution in [1.82, 2.24) is 4.72 Å². The van der Waals surface area contributed by atoms with E-state index in [0.29, 0.717) is 25.8 Å². The average Bonchev–Trinajstić information content (AvgIpc) is 2.62. The third-order valence-corrected chi connectivity index (χ3v) is 7.70. The molecule has 0 aliphatic carbocycles. The summed E-state index contributed by atoms with van der Waals surface area (Å²) < 4.78 is 31.7. The molecule has 0 spiro atoms. The van der Waals surface area contributed by atoms with E-state index in [1.165, 1.54) is 5.69 Å². The van der Waals surface area contributed by atoms with Crippen molar-refractivity contribution in [1.29, 1.82) is 0 Å². The minimum absolute atomic E-state index is 0.0532. The number of amides is 1. The summed E-state index contributed by atoms with van der Waals surface area (Å²) in [6.45, 7) is 15.3. The number of nitrogens with zero attached hydrogens (tertiary/aromatic N) is 1. The number of hydrogen-bond donors (Lipinski definition) is 2. The van der Waals surface area contributed by atoms with Crippen molar-refractivity contribution in [3.63, 3.8) is 0 Å². The van der Waals surface area contributed by atoms with E-state index in [2.05, 4.69) is 41.8 Å². The number of carbonyl (C=O) groups is 1. The molecular weight excluding hydrogens is 414 g/mol. The number of nitrogens with one attached hydrogen (secondary N) is 2. The van der Waals surface area contributed by atoms with Gasteiger partial charge in [0, 0.05) is 37.4 Å². The molecule has 176 valence electrons. The van der Waals surface area contributed by atoms with E-state index in [-0.39, 0.29) is 18.1 Å². The molecule has 1 amide bonds. The predicted octanol–water partition coefficient (Wildman–Crippen LogP) is 3.74. The van der Waals surface area contributed by atoms with E-state index in [1.54, 1.807) is 20.8 Å². The highest BCUT2D eigenvalue weighted by atomic mass is 32.2. The van der Waals surface area contributed by atoms with Crippen LogP contribution in [0.2, 0.25) is 0 Å². The summed E-state index contributed by atoms with van der Waals surface area (Å²) in [6.07, 6.45) is 1.98. The molecule has 0 radical (unpaired) electrons. The summed E-state index contributed by atoms with van der Waals surface area (Å²) in [5.74, 6) is -0.0532. The smallest absolute Gasteiger partial charge is 0.224 e. The molecule has 2 rings (SSSR count). The average molecular weight is 454 g/mol. The molecule has 0 saturated carbocycles. The van der Waals surface area contributed by atoms with E-state index >= 15 is 0 Å². The first-order valence-corrected chi connectivity index (χ1v) is 12.6. The molecular formula is C23H39N3O4S. The molecule has 2 atom stereocenters. The molecule has 1 fully saturated rings. The van der Waals surface area contributed by atoms with Crippen molar-refractivity contribution >= 4 is 27.3 Å². The first kappa shape index (κ1) is 25.6. The molecule has 1 heterocycles. The Morgan fingerprint density at radius 3 is 2.29 bits per heavy atom. The predicted molar refractivity (Wildman–Crippen MR) is 127 cm³/mol. The molecule has 1 aromatic rings. The molecule has 7 nitrogen and oxygen atoms in total. The second-order valence-corrected chi connectivity index (χ2v) is 12.2. The lowest BCUT2D eigenvalue weighted by atomic mass is 10.1. The van der Waals surface area contributed by atoms with Crippen LogP contribution < -0.4 is 14.9 Å². The second-order valence-electron chi connectivity index (χ2n) is 9.63. The van der Waals surface area contributed by atoms with Crippen LogP contribution in [0.5, 0.6) is 0 Å². The van der Waals surface area contributed by atoms with E-state index in [4.69, 9.17) is 4.74 Å². The summed E-state index contributed by atoms with van der Waals surface area (Å²) in [5.41, 5.74) is 4.16. The number of ether oxygens (including phenoxy) is 1. The molecule has 1 aliphatic rings. The van der Waals surface area contributed by atoms with Gasteiger partial charge in [0.05, 0.1) is 17.0 Å². The zero-order valence-corrected chi connectivity index (χ0v) is 20.9. The van der Waals surface area contributed by atoms with Gasteiger partial charge in [-0.15, -0.1) is 0 Å². The fraction of sp³-hybridized carbons (Fsp3) is 0.696. The monoisotopic (exact) mass is 453 g/mol. The molecule has 31 heavy (non-hydrogen) atoms. The summed E-state index contributed by atoms with van der Waals surface area (Å²) in [7, 11) is -3.34. The van der Waals surface area contributed by atoms with E-state index in [0.717, 1.165) is 29.9 Å². The van der Waals surface area contributed by atoms with Crippen molar-refractivity contribution in [2.75, 3.05) is 29.9 Å². The topological polar surface area (TPSA) is 87.7 Å². The minimum Gasteiger partial charge on any atom is -0.372 e. The maximum atomic E-state index is 12.4. The van der Waals surface area contributed by atoms with Crippen LogP contribution in [0.15, 0.2) is 12.1 Å². The van der Waals surface area contributed by atoms with Crippen LogP contribution in [-0.2, 0) is 19.6 Å². The standard InChI is InChI=1S/C23H39N3O4S/c1-16-13-21(26-14-18(3)30-19(4)15-26)17(2)12-20(16)25-22(27)10-8-9-11-24-31(28,29)23(5,6)7/h12-13,18-19,24H,8-11,14-15H2,1-7H3,(H,25,27)/t18-,19?/m0/s1. The van der Waals surface area contributed by atoms with Gasteiger partial charge in [0.15, 0.2) is 0 Å². The minimum atomic E-state index is -3.34. The molecule has 1 aromatic carbocycles. The number of anilines is 2. The molecule has 8 heteroatoms. The third-order valence-electron chi connectivity index (χ3n) is 5.51. The summed E-state index contributed by atoms with van der Waals surface area (Å²) in [5, 5.41) is 3.01. The molecule has 2 N–H and O–H groups in total. The quantitative estimate of drug-likeness (QED) is 0.586. The number of rotatable bonds is 8. The number of hydrogen-bond acceptors (Lipinski definition) is 5. The Kier molecular flexibility index (Phi) is 8.53. The van der Waals surface area contributed by atoms with Crippen LogP contribution in [0, 0.1) is 13.8 Å². The van der Waals surface area contributed by atoms with Gasteiger partial charge in [-0.25, -0.2) is 13.1 Å². The first-order valence-electron chi connectivity index (χ1n) is 11.1. The Morgan fingerprint density at radius 1 is 1.10 bits per heavy atom. The third kappa shape index (κ3) is 7.19. The van der Waals surface area contributed by atoms with Crippen molar-refractivity contribution in [3.8, 4) is 0 Å². The van der Waals surface area contributed by atoms with Crippen LogP contribution >= 0.6 is 0 Å². The van der Waals surface area contributed by atoms with Gasteiger partial charge >= 0.3 is 0 Å². The van der Waals surface area contributed by atoms with Gasteiger partial charge in [0.2, 0.25) is 15.9 Å². The Bertz CT molecular complexity index is 868. The van der Waals surface area contributed by atoms with Gasteiger partial charge in [0.1, 0.15) is 0 Å². The fourth-order valence-electron chi connectivity index (χ4n) is 3.70. The van der Waals surface area contributed by atoms with Crippen LogP contribution in [0.3, 0.4) is 0 Å². The van der Waals surface area contributed by atoms with Crippen molar-refractivity contribution in [2.45, 2.75) is 84.7 Å². The van der Waals surface area contributed by atoms with Crippen molar-refractivity contribution in [2.24, 2.45) is 0 Å². The largest absolute Gasteiger partial charge is 0.372 e. The molecule has 1 saturated heterocycles. The van der Waals surface area contributed by atoms with Crippen LogP contribution in [0.1, 0.15) is 65.0 Å². The fourth-order valence-corrected chi connectivity index (χ4v) is 4.54. The van der Waals surface area contributed by atoms with Gasteiger partial charge in [0.25, 0.3) is 0 Å². The SMILES string of the molecule is Cc1cc(N2CC(C)O[C@@H](C)C2)c(C)cc1NC(=O)CCCCNS(=O)(=O)C(C)(C)C. The molecule has 1 unspecified atom stereocenters. The van der Waals surface area contributed by atoms with Crippen molar-refractivity contribution < 1.29 is 17.9 Å². The highest BCUT2D eigenvalue weighted by Gasteiger charge is 2.28. The van der Waals surface area contributed by atoms with Crippen molar-refractivity contribution in [3.05, 3.63) is 23.3 Å². The lowest BCUT2D eigenvalue weighted by Crippen LogP contribution is -2.45. The lowest BCUT2D eigenvalue weighted by molar-refractivity contribution is -0.116. The second kappa shape index (κ2) is 10.3. The zero-order valence-electron chi connectivity index (χ0n) is 20.0. The van der Waals surface area contributed by atoms with Gasteiger partial charge in [-0.3, -0.25) is 4.79 Å². The number of carbonyl (C=O) groups excluding carboxylic acids is 1. The van der Waals surface area contributed by atoms with E-state index in [1.807, 2.05) is 13.0 Å². The zero-order chi connectivity index (χ0) is 23.4. The molecule has 1 aliphatic heterocycles. The molecule has 0 bridgehead atoms. The van der Waals surface area contributed by atoms with Gasteiger partial charge < -0.3 is 15.0 Å². The van der Waals surface area contributed by atoms with Gasteiger partial charge in [-0.05, 0) is 84.6 Å². The van der Waals surface area contributed by atoms with Crippen LogP contribution in [-0.4, -0.2) is 50.9 Å². The van der Waals surface area contributed by atoms with Crippen LogP contribution in [0.4, 0.5) is 11.4 Å². The highest BCUT2D eigenvalue weighted by Crippen LogP contribution is 2.29. The molecule has 0 aromatic heterocycles. The number of unbranched alkanes of at least 4 members (excludes halogenated alkanes) is 1. The van der Waals surface area contributed by atoms with E-state index < -0.39 is 14.8 Å². The summed E-state index contributed by atoms with van der Waals surface area (Å²) in [4.78, 5) is 14.7. The maximum absolute atomic E-state index is 12.4. The number of benzene rings is 1. The van der Waals surface area contributed by atoms with E-state index in [9.17, 15) is 13.2 Å². The summed E-state index contributed by atoms with van der Waals surface area (Å²) in [6, 6.07) is 4.17. The Balaban J connectivity index is 1.87.